The zero-order valence-electron chi connectivity index (χ0n) is 12.9. The predicted molar refractivity (Wildman–Crippen MR) is 78.7 cm³/mol. The first-order valence-corrected chi connectivity index (χ1v) is 8.65. The summed E-state index contributed by atoms with van der Waals surface area (Å²) in [5, 5.41) is 49.4. The minimum atomic E-state index is -1.42. The number of methoxy groups -OCH3 is 1. The average molecular weight is 356 g/mol. The molecule has 2 aliphatic heterocycles. The van der Waals surface area contributed by atoms with Crippen molar-refractivity contribution in [1.82, 2.24) is 0 Å². The van der Waals surface area contributed by atoms with Crippen LogP contribution >= 0.6 is 11.8 Å². The highest BCUT2D eigenvalue weighted by atomic mass is 32.2. The van der Waals surface area contributed by atoms with E-state index in [1.54, 1.807) is 0 Å². The van der Waals surface area contributed by atoms with E-state index in [9.17, 15) is 25.5 Å². The summed E-state index contributed by atoms with van der Waals surface area (Å²) in [6, 6.07) is 0. The van der Waals surface area contributed by atoms with Gasteiger partial charge in [0.05, 0.1) is 12.7 Å². The summed E-state index contributed by atoms with van der Waals surface area (Å²) in [5.74, 6) is 0.458. The van der Waals surface area contributed by atoms with Gasteiger partial charge in [-0.2, -0.15) is 11.8 Å². The molecule has 0 aromatic heterocycles. The first-order chi connectivity index (χ1) is 10.9. The highest BCUT2D eigenvalue weighted by Crippen LogP contribution is 2.30. The second kappa shape index (κ2) is 8.39. The molecular weight excluding hydrogens is 332 g/mol. The SMILES string of the molecule is CO[C@H]1O[C@H](CO)[C@@H](O[C@@H]2O[C@@H](CSC)[C@@H](O)[C@@H]2O)[C@H](O)[C@@H]1O. The van der Waals surface area contributed by atoms with Crippen LogP contribution in [-0.2, 0) is 18.9 Å². The lowest BCUT2D eigenvalue weighted by Gasteiger charge is -2.42. The molecule has 2 aliphatic rings. The van der Waals surface area contributed by atoms with E-state index in [0.29, 0.717) is 5.75 Å². The summed E-state index contributed by atoms with van der Waals surface area (Å²) in [5.41, 5.74) is 0. The van der Waals surface area contributed by atoms with Crippen molar-refractivity contribution in [1.29, 1.82) is 0 Å². The van der Waals surface area contributed by atoms with E-state index in [2.05, 4.69) is 0 Å². The molecule has 10 heteroatoms. The molecule has 0 aromatic rings. The summed E-state index contributed by atoms with van der Waals surface area (Å²) in [4.78, 5) is 0. The normalized spacial score (nSPS) is 47.9. The summed E-state index contributed by atoms with van der Waals surface area (Å²) >= 11 is 1.44. The molecule has 5 N–H and O–H groups in total. The Morgan fingerprint density at radius 3 is 2.09 bits per heavy atom. The molecule has 0 bridgehead atoms. The van der Waals surface area contributed by atoms with Gasteiger partial charge in [-0.05, 0) is 6.26 Å². The molecule has 2 saturated heterocycles. The van der Waals surface area contributed by atoms with Gasteiger partial charge in [0.15, 0.2) is 12.6 Å². The van der Waals surface area contributed by atoms with Crippen LogP contribution in [0.25, 0.3) is 0 Å². The smallest absolute Gasteiger partial charge is 0.187 e. The van der Waals surface area contributed by atoms with Crippen molar-refractivity contribution in [2.75, 3.05) is 25.7 Å². The maximum absolute atomic E-state index is 10.2. The Morgan fingerprint density at radius 1 is 0.913 bits per heavy atom. The quantitative estimate of drug-likeness (QED) is 0.341. The Bertz CT molecular complexity index is 371. The van der Waals surface area contributed by atoms with Gasteiger partial charge in [-0.15, -0.1) is 0 Å². The molecule has 0 saturated carbocycles. The topological polar surface area (TPSA) is 138 Å². The lowest BCUT2D eigenvalue weighted by molar-refractivity contribution is -0.325. The fourth-order valence-electron chi connectivity index (χ4n) is 2.70. The van der Waals surface area contributed by atoms with Gasteiger partial charge in [0.25, 0.3) is 0 Å². The largest absolute Gasteiger partial charge is 0.394 e. The maximum atomic E-state index is 10.2. The van der Waals surface area contributed by atoms with Crippen LogP contribution in [0.2, 0.25) is 0 Å². The first-order valence-electron chi connectivity index (χ1n) is 7.25. The Balaban J connectivity index is 2.05. The third-order valence-electron chi connectivity index (χ3n) is 3.99. The fraction of sp³-hybridized carbons (Fsp3) is 1.00. The summed E-state index contributed by atoms with van der Waals surface area (Å²) < 4.78 is 21.2. The van der Waals surface area contributed by atoms with Gasteiger partial charge in [-0.25, -0.2) is 0 Å². The Labute approximate surface area is 138 Å². The summed E-state index contributed by atoms with van der Waals surface area (Å²) in [6.45, 7) is -0.492. The molecule has 0 aromatic carbocycles. The zero-order chi connectivity index (χ0) is 17.1. The van der Waals surface area contributed by atoms with E-state index in [1.807, 2.05) is 6.26 Å². The molecule has 0 amide bonds. The van der Waals surface area contributed by atoms with Crippen molar-refractivity contribution in [3.05, 3.63) is 0 Å². The zero-order valence-corrected chi connectivity index (χ0v) is 13.7. The number of thioether (sulfide) groups is 1. The first kappa shape index (κ1) is 19.3. The molecule has 136 valence electrons. The van der Waals surface area contributed by atoms with E-state index in [1.165, 1.54) is 18.9 Å². The van der Waals surface area contributed by atoms with E-state index < -0.39 is 61.9 Å². The molecule has 0 spiro atoms. The molecule has 2 rings (SSSR count). The van der Waals surface area contributed by atoms with E-state index in [0.717, 1.165) is 0 Å². The van der Waals surface area contributed by atoms with E-state index in [4.69, 9.17) is 18.9 Å². The van der Waals surface area contributed by atoms with Crippen molar-refractivity contribution in [2.45, 2.75) is 55.3 Å². The Morgan fingerprint density at radius 2 is 1.52 bits per heavy atom. The molecule has 2 heterocycles. The van der Waals surface area contributed by atoms with Gasteiger partial charge in [0.2, 0.25) is 0 Å². The van der Waals surface area contributed by atoms with Crippen molar-refractivity contribution in [3.8, 4) is 0 Å². The van der Waals surface area contributed by atoms with Gasteiger partial charge in [0, 0.05) is 12.9 Å². The number of hydrogen-bond acceptors (Lipinski definition) is 10. The van der Waals surface area contributed by atoms with E-state index in [-0.39, 0.29) is 0 Å². The molecular formula is C13H24O9S. The molecule has 0 radical (unpaired) electrons. The van der Waals surface area contributed by atoms with Gasteiger partial charge >= 0.3 is 0 Å². The third kappa shape index (κ3) is 3.98. The van der Waals surface area contributed by atoms with Crippen LogP contribution in [0.4, 0.5) is 0 Å². The second-order valence-corrected chi connectivity index (χ2v) is 6.43. The van der Waals surface area contributed by atoms with Crippen LogP contribution < -0.4 is 0 Å². The van der Waals surface area contributed by atoms with Gasteiger partial charge in [-0.1, -0.05) is 0 Å². The third-order valence-corrected chi connectivity index (χ3v) is 4.66. The summed E-state index contributed by atoms with van der Waals surface area (Å²) in [7, 11) is 1.30. The monoisotopic (exact) mass is 356 g/mol. The van der Waals surface area contributed by atoms with Gasteiger partial charge < -0.3 is 44.5 Å². The molecule has 2 fully saturated rings. The molecule has 0 unspecified atom stereocenters. The number of hydrogen-bond donors (Lipinski definition) is 5. The lowest BCUT2D eigenvalue weighted by Crippen LogP contribution is -2.61. The number of ether oxygens (including phenoxy) is 4. The highest BCUT2D eigenvalue weighted by Gasteiger charge is 2.50. The minimum Gasteiger partial charge on any atom is -0.394 e. The van der Waals surface area contributed by atoms with Gasteiger partial charge in [-0.3, -0.25) is 0 Å². The molecule has 9 nitrogen and oxygen atoms in total. The van der Waals surface area contributed by atoms with Crippen LogP contribution in [0.15, 0.2) is 0 Å². The molecule has 9 atom stereocenters. The van der Waals surface area contributed by atoms with Crippen LogP contribution in [0.1, 0.15) is 0 Å². The number of aliphatic hydroxyl groups is 5. The number of rotatable bonds is 6. The molecule has 0 aliphatic carbocycles. The average Bonchev–Trinajstić information content (AvgIpc) is 2.81. The van der Waals surface area contributed by atoms with Crippen molar-refractivity contribution in [3.63, 3.8) is 0 Å². The maximum Gasteiger partial charge on any atom is 0.187 e. The van der Waals surface area contributed by atoms with Crippen LogP contribution in [0.3, 0.4) is 0 Å². The van der Waals surface area contributed by atoms with Crippen LogP contribution in [0, 0.1) is 0 Å². The Hall–Kier alpha value is -0.0100. The standard InChI is InChI=1S/C13H24O9S/c1-19-12-10(18)8(16)11(5(3-14)20-12)22-13-9(17)7(15)6(21-13)4-23-2/h5-18H,3-4H2,1-2H3/t5-,6+,7-,8-,9+,10+,11-,12+,13+/m1/s1. The minimum absolute atomic E-state index is 0.458. The predicted octanol–water partition coefficient (Wildman–Crippen LogP) is -2.73. The van der Waals surface area contributed by atoms with Crippen molar-refractivity contribution < 1.29 is 44.5 Å². The van der Waals surface area contributed by atoms with Gasteiger partial charge in [0.1, 0.15) is 36.6 Å². The lowest BCUT2D eigenvalue weighted by atomic mass is 9.99. The number of aliphatic hydroxyl groups excluding tert-OH is 5. The van der Waals surface area contributed by atoms with Crippen molar-refractivity contribution >= 4 is 11.8 Å². The van der Waals surface area contributed by atoms with Crippen molar-refractivity contribution in [2.24, 2.45) is 0 Å². The molecule has 23 heavy (non-hydrogen) atoms. The van der Waals surface area contributed by atoms with Crippen LogP contribution in [-0.4, -0.2) is 107 Å². The second-order valence-electron chi connectivity index (χ2n) is 5.52. The highest BCUT2D eigenvalue weighted by molar-refractivity contribution is 7.98. The van der Waals surface area contributed by atoms with Crippen LogP contribution in [0.5, 0.6) is 0 Å². The Kier molecular flexibility index (Phi) is 7.04. The summed E-state index contributed by atoms with van der Waals surface area (Å²) in [6.07, 6.45) is -8.47. The fourth-order valence-corrected chi connectivity index (χ4v) is 3.30. The van der Waals surface area contributed by atoms with E-state index >= 15 is 0 Å².